The average molecular weight is 240 g/mol. The predicted octanol–water partition coefficient (Wildman–Crippen LogP) is 1.32. The Morgan fingerprint density at radius 3 is 2.75 bits per heavy atom. The summed E-state index contributed by atoms with van der Waals surface area (Å²) in [5.74, 6) is -1.22. The Balaban J connectivity index is 2.53. The van der Waals surface area contributed by atoms with E-state index < -0.39 is 5.97 Å². The van der Waals surface area contributed by atoms with Gasteiger partial charge in [-0.2, -0.15) is 0 Å². The first-order valence-corrected chi connectivity index (χ1v) is 4.61. The molecule has 16 heavy (non-hydrogen) atoms. The Kier molecular flexibility index (Phi) is 2.49. The SMILES string of the molecule is O=C(O)c1nnn(-c2cccc(O)c2)c1Cl. The van der Waals surface area contributed by atoms with Gasteiger partial charge in [0, 0.05) is 6.07 Å². The summed E-state index contributed by atoms with van der Waals surface area (Å²) in [6.45, 7) is 0. The van der Waals surface area contributed by atoms with E-state index in [1.807, 2.05) is 0 Å². The third-order valence-electron chi connectivity index (χ3n) is 1.89. The number of halogens is 1. The van der Waals surface area contributed by atoms with Gasteiger partial charge in [-0.15, -0.1) is 5.10 Å². The van der Waals surface area contributed by atoms with Crippen molar-refractivity contribution in [2.75, 3.05) is 0 Å². The van der Waals surface area contributed by atoms with E-state index >= 15 is 0 Å². The molecule has 0 aliphatic heterocycles. The average Bonchev–Trinajstić information content (AvgIpc) is 2.60. The van der Waals surface area contributed by atoms with E-state index in [-0.39, 0.29) is 16.6 Å². The lowest BCUT2D eigenvalue weighted by atomic mass is 10.3. The normalized spacial score (nSPS) is 10.3. The molecule has 2 aromatic rings. The molecule has 0 aliphatic carbocycles. The number of rotatable bonds is 2. The van der Waals surface area contributed by atoms with Gasteiger partial charge in [0.25, 0.3) is 0 Å². The van der Waals surface area contributed by atoms with Gasteiger partial charge in [0.2, 0.25) is 5.69 Å². The molecular formula is C9H6ClN3O3. The molecule has 0 spiro atoms. The van der Waals surface area contributed by atoms with Crippen LogP contribution in [0.5, 0.6) is 5.75 Å². The van der Waals surface area contributed by atoms with E-state index in [0.29, 0.717) is 5.69 Å². The Bertz CT molecular complexity index is 553. The molecule has 0 aliphatic rings. The highest BCUT2D eigenvalue weighted by Crippen LogP contribution is 2.20. The number of nitrogens with zero attached hydrogens (tertiary/aromatic N) is 3. The summed E-state index contributed by atoms with van der Waals surface area (Å²) in [7, 11) is 0. The highest BCUT2D eigenvalue weighted by Gasteiger charge is 2.17. The van der Waals surface area contributed by atoms with E-state index in [2.05, 4.69) is 10.3 Å². The molecule has 1 aromatic carbocycles. The van der Waals surface area contributed by atoms with E-state index in [0.717, 1.165) is 4.68 Å². The second-order valence-corrected chi connectivity index (χ2v) is 3.32. The molecule has 2 N–H and O–H groups in total. The van der Waals surface area contributed by atoms with Crippen LogP contribution in [0.2, 0.25) is 5.15 Å². The molecule has 82 valence electrons. The maximum Gasteiger partial charge on any atom is 0.359 e. The second-order valence-electron chi connectivity index (χ2n) is 2.97. The van der Waals surface area contributed by atoms with E-state index in [1.54, 1.807) is 12.1 Å². The van der Waals surface area contributed by atoms with Crippen LogP contribution in [0.25, 0.3) is 5.69 Å². The number of phenolic OH excluding ortho intramolecular Hbond substituents is 1. The summed E-state index contributed by atoms with van der Waals surface area (Å²) in [4.78, 5) is 10.7. The van der Waals surface area contributed by atoms with Crippen molar-refractivity contribution in [2.45, 2.75) is 0 Å². The number of hydrogen-bond donors (Lipinski definition) is 2. The molecule has 1 heterocycles. The Morgan fingerprint density at radius 1 is 1.44 bits per heavy atom. The van der Waals surface area contributed by atoms with Gasteiger partial charge in [0.15, 0.2) is 5.15 Å². The van der Waals surface area contributed by atoms with Gasteiger partial charge in [0.05, 0.1) is 5.69 Å². The lowest BCUT2D eigenvalue weighted by molar-refractivity contribution is 0.0690. The van der Waals surface area contributed by atoms with E-state index in [1.165, 1.54) is 12.1 Å². The van der Waals surface area contributed by atoms with Crippen molar-refractivity contribution >= 4 is 17.6 Å². The van der Waals surface area contributed by atoms with Gasteiger partial charge < -0.3 is 10.2 Å². The number of carbonyl (C=O) groups is 1. The molecule has 0 radical (unpaired) electrons. The van der Waals surface area contributed by atoms with E-state index in [4.69, 9.17) is 16.7 Å². The maximum atomic E-state index is 10.7. The van der Waals surface area contributed by atoms with Crippen molar-refractivity contribution < 1.29 is 15.0 Å². The number of aromatic carboxylic acids is 1. The molecule has 0 saturated carbocycles. The summed E-state index contributed by atoms with van der Waals surface area (Å²) < 4.78 is 1.13. The highest BCUT2D eigenvalue weighted by molar-refractivity contribution is 6.32. The second kappa shape index (κ2) is 3.82. The van der Waals surface area contributed by atoms with Crippen LogP contribution >= 0.6 is 11.6 Å². The van der Waals surface area contributed by atoms with Crippen molar-refractivity contribution in [3.63, 3.8) is 0 Å². The predicted molar refractivity (Wildman–Crippen MR) is 55.0 cm³/mol. The van der Waals surface area contributed by atoms with Crippen molar-refractivity contribution in [3.8, 4) is 11.4 Å². The van der Waals surface area contributed by atoms with Crippen molar-refractivity contribution in [3.05, 3.63) is 35.1 Å². The van der Waals surface area contributed by atoms with Gasteiger partial charge in [-0.3, -0.25) is 0 Å². The molecule has 1 aromatic heterocycles. The fourth-order valence-electron chi connectivity index (χ4n) is 1.19. The third kappa shape index (κ3) is 1.70. The summed E-state index contributed by atoms with van der Waals surface area (Å²) in [6, 6.07) is 6.08. The standard InChI is InChI=1S/C9H6ClN3O3/c10-8-7(9(15)16)11-12-13(8)5-2-1-3-6(14)4-5/h1-4,14H,(H,15,16). The minimum absolute atomic E-state index is 0.0286. The van der Waals surface area contributed by atoms with Gasteiger partial charge in [0.1, 0.15) is 5.75 Å². The highest BCUT2D eigenvalue weighted by atomic mass is 35.5. The summed E-state index contributed by atoms with van der Waals surface area (Å²) in [5, 5.41) is 24.9. The number of carboxylic acids is 1. The minimum atomic E-state index is -1.25. The molecule has 0 amide bonds. The number of aromatic nitrogens is 3. The fourth-order valence-corrected chi connectivity index (χ4v) is 1.44. The Morgan fingerprint density at radius 2 is 2.19 bits per heavy atom. The van der Waals surface area contributed by atoms with Crippen LogP contribution in [-0.2, 0) is 0 Å². The largest absolute Gasteiger partial charge is 0.508 e. The van der Waals surface area contributed by atoms with Gasteiger partial charge in [-0.25, -0.2) is 9.48 Å². The number of phenols is 1. The smallest absolute Gasteiger partial charge is 0.359 e. The molecule has 7 heteroatoms. The van der Waals surface area contributed by atoms with Gasteiger partial charge in [-0.1, -0.05) is 22.9 Å². The first-order valence-electron chi connectivity index (χ1n) is 4.23. The summed E-state index contributed by atoms with van der Waals surface area (Å²) in [6.07, 6.45) is 0. The molecule has 0 bridgehead atoms. The third-order valence-corrected chi connectivity index (χ3v) is 2.23. The molecule has 2 rings (SSSR count). The fraction of sp³-hybridized carbons (Fsp3) is 0. The molecule has 0 unspecified atom stereocenters. The van der Waals surface area contributed by atoms with Crippen LogP contribution in [0.15, 0.2) is 24.3 Å². The Hall–Kier alpha value is -2.08. The first-order chi connectivity index (χ1) is 7.59. The van der Waals surface area contributed by atoms with Crippen LogP contribution in [-0.4, -0.2) is 31.2 Å². The number of carboxylic acid groups (broad SMARTS) is 1. The van der Waals surface area contributed by atoms with Crippen LogP contribution in [0.1, 0.15) is 10.5 Å². The monoisotopic (exact) mass is 239 g/mol. The lowest BCUT2D eigenvalue weighted by Gasteiger charge is -2.01. The topological polar surface area (TPSA) is 88.2 Å². The van der Waals surface area contributed by atoms with Crippen LogP contribution in [0.4, 0.5) is 0 Å². The minimum Gasteiger partial charge on any atom is -0.508 e. The van der Waals surface area contributed by atoms with Crippen LogP contribution in [0, 0.1) is 0 Å². The first kappa shape index (κ1) is 10.4. The molecule has 0 fully saturated rings. The zero-order chi connectivity index (χ0) is 11.7. The lowest BCUT2D eigenvalue weighted by Crippen LogP contribution is -1.99. The molecule has 0 saturated heterocycles. The van der Waals surface area contributed by atoms with Crippen LogP contribution in [0.3, 0.4) is 0 Å². The van der Waals surface area contributed by atoms with Gasteiger partial charge in [-0.05, 0) is 12.1 Å². The summed E-state index contributed by atoms with van der Waals surface area (Å²) in [5.41, 5.74) is 0.106. The van der Waals surface area contributed by atoms with Crippen molar-refractivity contribution in [2.24, 2.45) is 0 Å². The van der Waals surface area contributed by atoms with Crippen molar-refractivity contribution in [1.82, 2.24) is 15.0 Å². The Labute approximate surface area is 94.7 Å². The van der Waals surface area contributed by atoms with E-state index in [9.17, 15) is 9.90 Å². The molecular weight excluding hydrogens is 234 g/mol. The van der Waals surface area contributed by atoms with Gasteiger partial charge >= 0.3 is 5.97 Å². The maximum absolute atomic E-state index is 10.7. The summed E-state index contributed by atoms with van der Waals surface area (Å²) >= 11 is 5.78. The number of benzene rings is 1. The van der Waals surface area contributed by atoms with Crippen molar-refractivity contribution in [1.29, 1.82) is 0 Å². The quantitative estimate of drug-likeness (QED) is 0.825. The molecule has 0 atom stereocenters. The number of aromatic hydroxyl groups is 1. The molecule has 6 nitrogen and oxygen atoms in total. The van der Waals surface area contributed by atoms with Crippen LogP contribution < -0.4 is 0 Å². The number of hydrogen-bond acceptors (Lipinski definition) is 4. The zero-order valence-corrected chi connectivity index (χ0v) is 8.59. The zero-order valence-electron chi connectivity index (χ0n) is 7.83.